The van der Waals surface area contributed by atoms with Crippen molar-refractivity contribution in [1.82, 2.24) is 16.0 Å². The molecule has 0 aliphatic rings. The number of esters is 1. The van der Waals surface area contributed by atoms with Crippen LogP contribution in [0.5, 0.6) is 0 Å². The Bertz CT molecular complexity index is 661. The SMILES string of the molecule is COC(=O)[C@H](CC(C)C)NC(=O)CNC(=O)CNC(=O)CCc1ccccc1. The zero-order chi connectivity index (χ0) is 20.9. The van der Waals surface area contributed by atoms with E-state index < -0.39 is 23.8 Å². The van der Waals surface area contributed by atoms with Crippen molar-refractivity contribution in [2.24, 2.45) is 5.92 Å². The highest BCUT2D eigenvalue weighted by molar-refractivity contribution is 5.90. The Kier molecular flexibility index (Phi) is 10.3. The molecule has 0 aromatic heterocycles. The Balaban J connectivity index is 2.28. The quantitative estimate of drug-likeness (QED) is 0.477. The molecule has 0 fully saturated rings. The predicted octanol–water partition coefficient (Wildman–Crippen LogP) is 0.556. The fourth-order valence-electron chi connectivity index (χ4n) is 2.48. The maximum atomic E-state index is 11.9. The second-order valence-electron chi connectivity index (χ2n) is 6.81. The summed E-state index contributed by atoms with van der Waals surface area (Å²) in [5, 5.41) is 7.47. The van der Waals surface area contributed by atoms with Gasteiger partial charge in [0.2, 0.25) is 17.7 Å². The smallest absolute Gasteiger partial charge is 0.328 e. The molecule has 1 aromatic carbocycles. The fourth-order valence-corrected chi connectivity index (χ4v) is 2.48. The summed E-state index contributed by atoms with van der Waals surface area (Å²) in [7, 11) is 1.25. The zero-order valence-corrected chi connectivity index (χ0v) is 16.6. The number of benzene rings is 1. The van der Waals surface area contributed by atoms with Gasteiger partial charge in [0.25, 0.3) is 0 Å². The summed E-state index contributed by atoms with van der Waals surface area (Å²) in [6.07, 6.45) is 1.29. The lowest BCUT2D eigenvalue weighted by Crippen LogP contribution is -2.47. The molecule has 0 heterocycles. The van der Waals surface area contributed by atoms with Gasteiger partial charge < -0.3 is 20.7 Å². The van der Waals surface area contributed by atoms with Crippen LogP contribution in [0.15, 0.2) is 30.3 Å². The van der Waals surface area contributed by atoms with Crippen LogP contribution in [0.3, 0.4) is 0 Å². The van der Waals surface area contributed by atoms with E-state index in [0.717, 1.165) is 5.56 Å². The Morgan fingerprint density at radius 1 is 0.929 bits per heavy atom. The van der Waals surface area contributed by atoms with E-state index in [2.05, 4.69) is 20.7 Å². The molecule has 1 rings (SSSR count). The molecule has 0 bridgehead atoms. The number of ether oxygens (including phenoxy) is 1. The molecule has 0 radical (unpaired) electrons. The molecule has 3 amide bonds. The third kappa shape index (κ3) is 9.70. The number of rotatable bonds is 11. The van der Waals surface area contributed by atoms with Crippen LogP contribution >= 0.6 is 0 Å². The highest BCUT2D eigenvalue weighted by atomic mass is 16.5. The maximum Gasteiger partial charge on any atom is 0.328 e. The van der Waals surface area contributed by atoms with Gasteiger partial charge in [0.05, 0.1) is 20.2 Å². The van der Waals surface area contributed by atoms with Crippen LogP contribution in [0.1, 0.15) is 32.3 Å². The number of aryl methyl sites for hydroxylation is 1. The number of amides is 3. The van der Waals surface area contributed by atoms with Gasteiger partial charge in [-0.15, -0.1) is 0 Å². The number of nitrogens with one attached hydrogen (secondary N) is 3. The minimum Gasteiger partial charge on any atom is -0.467 e. The van der Waals surface area contributed by atoms with Gasteiger partial charge in [-0.05, 0) is 24.3 Å². The van der Waals surface area contributed by atoms with Gasteiger partial charge in [-0.3, -0.25) is 14.4 Å². The highest BCUT2D eigenvalue weighted by Gasteiger charge is 2.22. The van der Waals surface area contributed by atoms with E-state index in [9.17, 15) is 19.2 Å². The van der Waals surface area contributed by atoms with Gasteiger partial charge >= 0.3 is 5.97 Å². The number of carbonyl (C=O) groups is 4. The first-order chi connectivity index (χ1) is 13.3. The first-order valence-electron chi connectivity index (χ1n) is 9.26. The van der Waals surface area contributed by atoms with Crippen LogP contribution in [0, 0.1) is 5.92 Å². The van der Waals surface area contributed by atoms with Gasteiger partial charge in [0, 0.05) is 6.42 Å². The first kappa shape index (κ1) is 23.1. The van der Waals surface area contributed by atoms with E-state index in [0.29, 0.717) is 12.8 Å². The van der Waals surface area contributed by atoms with E-state index in [1.807, 2.05) is 44.2 Å². The van der Waals surface area contributed by atoms with E-state index in [4.69, 9.17) is 0 Å². The third-order valence-corrected chi connectivity index (χ3v) is 3.90. The van der Waals surface area contributed by atoms with Crippen LogP contribution in [0.25, 0.3) is 0 Å². The Morgan fingerprint density at radius 2 is 1.54 bits per heavy atom. The van der Waals surface area contributed by atoms with Gasteiger partial charge in [-0.2, -0.15) is 0 Å². The van der Waals surface area contributed by atoms with Gasteiger partial charge in [-0.1, -0.05) is 44.2 Å². The standard InChI is InChI=1S/C20H29N3O5/c1-14(2)11-16(20(27)28-3)23-19(26)13-22-18(25)12-21-17(24)10-9-15-7-5-4-6-8-15/h4-8,14,16H,9-13H2,1-3H3,(H,21,24)(H,22,25)(H,23,26)/t16-/m0/s1. The molecule has 1 atom stereocenters. The van der Waals surface area contributed by atoms with E-state index in [-0.39, 0.29) is 31.3 Å². The fraction of sp³-hybridized carbons (Fsp3) is 0.500. The zero-order valence-electron chi connectivity index (χ0n) is 16.6. The number of carbonyl (C=O) groups excluding carboxylic acids is 4. The molecule has 28 heavy (non-hydrogen) atoms. The molecule has 3 N–H and O–H groups in total. The highest BCUT2D eigenvalue weighted by Crippen LogP contribution is 2.06. The summed E-state index contributed by atoms with van der Waals surface area (Å²) in [6.45, 7) is 3.34. The molecule has 0 aliphatic heterocycles. The largest absolute Gasteiger partial charge is 0.467 e. The lowest BCUT2D eigenvalue weighted by Gasteiger charge is -2.18. The van der Waals surface area contributed by atoms with Gasteiger partial charge in [0.15, 0.2) is 0 Å². The van der Waals surface area contributed by atoms with E-state index >= 15 is 0 Å². The van der Waals surface area contributed by atoms with Crippen molar-refractivity contribution in [3.8, 4) is 0 Å². The molecule has 154 valence electrons. The number of hydrogen-bond donors (Lipinski definition) is 3. The lowest BCUT2D eigenvalue weighted by atomic mass is 10.0. The predicted molar refractivity (Wildman–Crippen MR) is 104 cm³/mol. The molecule has 8 heteroatoms. The van der Waals surface area contributed by atoms with Crippen molar-refractivity contribution >= 4 is 23.7 Å². The summed E-state index contributed by atoms with van der Waals surface area (Å²) in [5.41, 5.74) is 1.04. The molecular formula is C20H29N3O5. The van der Waals surface area contributed by atoms with Crippen molar-refractivity contribution < 1.29 is 23.9 Å². The molecule has 0 saturated heterocycles. The van der Waals surface area contributed by atoms with Crippen LogP contribution in [-0.4, -0.2) is 49.9 Å². The van der Waals surface area contributed by atoms with E-state index in [1.54, 1.807) is 0 Å². The summed E-state index contributed by atoms with van der Waals surface area (Å²) in [4.78, 5) is 47.2. The Labute approximate surface area is 165 Å². The normalized spacial score (nSPS) is 11.4. The summed E-state index contributed by atoms with van der Waals surface area (Å²) >= 11 is 0. The summed E-state index contributed by atoms with van der Waals surface area (Å²) in [6, 6.07) is 8.81. The Morgan fingerprint density at radius 3 is 2.14 bits per heavy atom. The molecular weight excluding hydrogens is 362 g/mol. The minimum atomic E-state index is -0.757. The van der Waals surface area contributed by atoms with Crippen LogP contribution < -0.4 is 16.0 Å². The average Bonchev–Trinajstić information content (AvgIpc) is 2.68. The molecule has 1 aromatic rings. The van der Waals surface area contributed by atoms with Gasteiger partial charge in [-0.25, -0.2) is 4.79 Å². The van der Waals surface area contributed by atoms with Crippen molar-refractivity contribution in [3.63, 3.8) is 0 Å². The molecule has 0 unspecified atom stereocenters. The molecule has 8 nitrogen and oxygen atoms in total. The monoisotopic (exact) mass is 391 g/mol. The topological polar surface area (TPSA) is 114 Å². The molecule has 0 aliphatic carbocycles. The first-order valence-corrected chi connectivity index (χ1v) is 9.26. The number of hydrogen-bond acceptors (Lipinski definition) is 5. The van der Waals surface area contributed by atoms with Crippen molar-refractivity contribution in [3.05, 3.63) is 35.9 Å². The number of methoxy groups -OCH3 is 1. The van der Waals surface area contributed by atoms with Gasteiger partial charge in [0.1, 0.15) is 6.04 Å². The van der Waals surface area contributed by atoms with E-state index in [1.165, 1.54) is 7.11 Å². The van der Waals surface area contributed by atoms with Crippen molar-refractivity contribution in [2.75, 3.05) is 20.2 Å². The lowest BCUT2D eigenvalue weighted by molar-refractivity contribution is -0.145. The Hall–Kier alpha value is -2.90. The average molecular weight is 391 g/mol. The molecule has 0 saturated carbocycles. The maximum absolute atomic E-state index is 11.9. The minimum absolute atomic E-state index is 0.185. The van der Waals surface area contributed by atoms with Crippen LogP contribution in [-0.2, 0) is 30.3 Å². The van der Waals surface area contributed by atoms with Crippen molar-refractivity contribution in [2.45, 2.75) is 39.2 Å². The second-order valence-corrected chi connectivity index (χ2v) is 6.81. The second kappa shape index (κ2) is 12.5. The molecule has 0 spiro atoms. The van der Waals surface area contributed by atoms with Crippen LogP contribution in [0.4, 0.5) is 0 Å². The summed E-state index contributed by atoms with van der Waals surface area (Å²) in [5.74, 6) is -1.57. The third-order valence-electron chi connectivity index (χ3n) is 3.90. The van der Waals surface area contributed by atoms with Crippen molar-refractivity contribution in [1.29, 1.82) is 0 Å². The van der Waals surface area contributed by atoms with Crippen LogP contribution in [0.2, 0.25) is 0 Å². The summed E-state index contributed by atoms with van der Waals surface area (Å²) < 4.78 is 4.67.